The van der Waals surface area contributed by atoms with Gasteiger partial charge in [0, 0.05) is 10.5 Å². The molecule has 2 N–H and O–H groups in total. The van der Waals surface area contributed by atoms with Crippen molar-refractivity contribution in [1.82, 2.24) is 0 Å². The molecule has 0 aliphatic heterocycles. The van der Waals surface area contributed by atoms with Gasteiger partial charge in [0.15, 0.2) is 11.5 Å². The average Bonchev–Trinajstić information content (AvgIpc) is 2.22. The zero-order valence-electron chi connectivity index (χ0n) is 9.92. The van der Waals surface area contributed by atoms with Gasteiger partial charge >= 0.3 is 0 Å². The van der Waals surface area contributed by atoms with Crippen LogP contribution < -0.4 is 15.2 Å². The second kappa shape index (κ2) is 6.11. The molecule has 90 valence electrons. The molecule has 0 heterocycles. The van der Waals surface area contributed by atoms with Crippen molar-refractivity contribution in [3.8, 4) is 11.5 Å². The molecule has 0 aliphatic rings. The molecule has 0 radical (unpaired) electrons. The predicted octanol–water partition coefficient (Wildman–Crippen LogP) is 3.27. The van der Waals surface area contributed by atoms with Crippen LogP contribution in [0.1, 0.15) is 32.4 Å². The van der Waals surface area contributed by atoms with E-state index in [2.05, 4.69) is 15.9 Å². The van der Waals surface area contributed by atoms with Gasteiger partial charge < -0.3 is 15.2 Å². The van der Waals surface area contributed by atoms with E-state index in [0.717, 1.165) is 21.5 Å². The molecular formula is C12H18BrNO2. The first-order valence-electron chi connectivity index (χ1n) is 5.44. The first-order valence-corrected chi connectivity index (χ1v) is 6.24. The maximum absolute atomic E-state index is 5.88. The number of nitrogens with two attached hydrogens (primary N) is 1. The molecule has 0 spiro atoms. The number of hydrogen-bond acceptors (Lipinski definition) is 3. The van der Waals surface area contributed by atoms with Crippen molar-refractivity contribution in [2.45, 2.75) is 26.8 Å². The molecule has 1 atom stereocenters. The summed E-state index contributed by atoms with van der Waals surface area (Å²) in [5.41, 5.74) is 6.90. The maximum atomic E-state index is 5.88. The van der Waals surface area contributed by atoms with Crippen molar-refractivity contribution in [3.05, 3.63) is 22.2 Å². The van der Waals surface area contributed by atoms with E-state index in [9.17, 15) is 0 Å². The summed E-state index contributed by atoms with van der Waals surface area (Å²) in [5.74, 6) is 1.50. The number of halogens is 1. The van der Waals surface area contributed by atoms with Gasteiger partial charge in [0.1, 0.15) is 0 Å². The lowest BCUT2D eigenvalue weighted by atomic mass is 10.1. The van der Waals surface area contributed by atoms with Crippen molar-refractivity contribution in [1.29, 1.82) is 0 Å². The van der Waals surface area contributed by atoms with Crippen LogP contribution in [0.4, 0.5) is 0 Å². The van der Waals surface area contributed by atoms with Crippen molar-refractivity contribution in [2.24, 2.45) is 5.73 Å². The molecular weight excluding hydrogens is 270 g/mol. The van der Waals surface area contributed by atoms with E-state index in [-0.39, 0.29) is 6.04 Å². The molecule has 4 heteroatoms. The van der Waals surface area contributed by atoms with Gasteiger partial charge in [-0.15, -0.1) is 0 Å². The largest absolute Gasteiger partial charge is 0.490 e. The Morgan fingerprint density at radius 2 is 1.69 bits per heavy atom. The van der Waals surface area contributed by atoms with E-state index in [4.69, 9.17) is 15.2 Å². The maximum Gasteiger partial charge on any atom is 0.162 e. The summed E-state index contributed by atoms with van der Waals surface area (Å²) < 4.78 is 12.0. The smallest absolute Gasteiger partial charge is 0.162 e. The van der Waals surface area contributed by atoms with Crippen molar-refractivity contribution in [2.75, 3.05) is 13.2 Å². The Kier molecular flexibility index (Phi) is 5.09. The summed E-state index contributed by atoms with van der Waals surface area (Å²) in [5, 5.41) is 0. The van der Waals surface area contributed by atoms with Crippen LogP contribution in [0, 0.1) is 0 Å². The predicted molar refractivity (Wildman–Crippen MR) is 69.1 cm³/mol. The van der Waals surface area contributed by atoms with Crippen LogP contribution in [0.3, 0.4) is 0 Å². The second-order valence-corrected chi connectivity index (χ2v) is 4.33. The summed E-state index contributed by atoms with van der Waals surface area (Å²) in [6.07, 6.45) is 0. The quantitative estimate of drug-likeness (QED) is 0.904. The van der Waals surface area contributed by atoms with Crippen molar-refractivity contribution >= 4 is 15.9 Å². The molecule has 1 aromatic rings. The Bertz CT molecular complexity index is 353. The van der Waals surface area contributed by atoms with Crippen LogP contribution in [-0.2, 0) is 0 Å². The van der Waals surface area contributed by atoms with Gasteiger partial charge in [-0.3, -0.25) is 0 Å². The highest BCUT2D eigenvalue weighted by Gasteiger charge is 2.12. The van der Waals surface area contributed by atoms with Gasteiger partial charge in [0.25, 0.3) is 0 Å². The molecule has 0 amide bonds. The first kappa shape index (κ1) is 13.3. The van der Waals surface area contributed by atoms with Crippen LogP contribution in [0.2, 0.25) is 0 Å². The molecule has 0 aromatic heterocycles. The Labute approximate surface area is 105 Å². The van der Waals surface area contributed by atoms with Crippen LogP contribution >= 0.6 is 15.9 Å². The zero-order valence-corrected chi connectivity index (χ0v) is 11.5. The molecule has 0 saturated carbocycles. The Morgan fingerprint density at radius 3 is 2.12 bits per heavy atom. The minimum Gasteiger partial charge on any atom is -0.490 e. The van der Waals surface area contributed by atoms with Crippen LogP contribution in [-0.4, -0.2) is 13.2 Å². The monoisotopic (exact) mass is 287 g/mol. The normalized spacial score (nSPS) is 12.3. The number of hydrogen-bond donors (Lipinski definition) is 1. The van der Waals surface area contributed by atoms with E-state index < -0.39 is 0 Å². The summed E-state index contributed by atoms with van der Waals surface area (Å²) in [6, 6.07) is 3.81. The first-order chi connectivity index (χ1) is 7.60. The standard InChI is InChI=1S/C12H18BrNO2/c1-4-15-11-6-9(8(3)14)10(13)7-12(11)16-5-2/h6-8H,4-5,14H2,1-3H3. The van der Waals surface area contributed by atoms with Crippen LogP contribution in [0.5, 0.6) is 11.5 Å². The highest BCUT2D eigenvalue weighted by Crippen LogP contribution is 2.35. The van der Waals surface area contributed by atoms with Gasteiger partial charge in [-0.05, 0) is 38.5 Å². The van der Waals surface area contributed by atoms with Gasteiger partial charge in [0.05, 0.1) is 13.2 Å². The molecule has 0 fully saturated rings. The molecule has 16 heavy (non-hydrogen) atoms. The minimum absolute atomic E-state index is 0.0377. The minimum atomic E-state index is -0.0377. The Morgan fingerprint density at radius 1 is 1.19 bits per heavy atom. The average molecular weight is 288 g/mol. The molecule has 0 aliphatic carbocycles. The highest BCUT2D eigenvalue weighted by atomic mass is 79.9. The van der Waals surface area contributed by atoms with E-state index in [1.807, 2.05) is 32.9 Å². The molecule has 1 rings (SSSR count). The second-order valence-electron chi connectivity index (χ2n) is 3.48. The lowest BCUT2D eigenvalue weighted by Gasteiger charge is -2.15. The number of ether oxygens (including phenoxy) is 2. The fraction of sp³-hybridized carbons (Fsp3) is 0.500. The van der Waals surface area contributed by atoms with Crippen molar-refractivity contribution < 1.29 is 9.47 Å². The van der Waals surface area contributed by atoms with Crippen molar-refractivity contribution in [3.63, 3.8) is 0 Å². The molecule has 1 unspecified atom stereocenters. The third-order valence-corrected chi connectivity index (χ3v) is 2.84. The van der Waals surface area contributed by atoms with Crippen LogP contribution in [0.15, 0.2) is 16.6 Å². The molecule has 0 saturated heterocycles. The highest BCUT2D eigenvalue weighted by molar-refractivity contribution is 9.10. The number of benzene rings is 1. The van der Waals surface area contributed by atoms with E-state index in [1.54, 1.807) is 0 Å². The number of rotatable bonds is 5. The summed E-state index contributed by atoms with van der Waals surface area (Å²) in [4.78, 5) is 0. The summed E-state index contributed by atoms with van der Waals surface area (Å²) in [6.45, 7) is 7.06. The topological polar surface area (TPSA) is 44.5 Å². The zero-order chi connectivity index (χ0) is 12.1. The summed E-state index contributed by atoms with van der Waals surface area (Å²) in [7, 11) is 0. The van der Waals surface area contributed by atoms with Gasteiger partial charge in [-0.1, -0.05) is 15.9 Å². The van der Waals surface area contributed by atoms with Gasteiger partial charge in [-0.25, -0.2) is 0 Å². The third-order valence-electron chi connectivity index (χ3n) is 2.15. The summed E-state index contributed by atoms with van der Waals surface area (Å²) >= 11 is 3.49. The SMILES string of the molecule is CCOc1cc(Br)c(C(C)N)cc1OCC. The fourth-order valence-electron chi connectivity index (χ4n) is 1.44. The molecule has 3 nitrogen and oxygen atoms in total. The molecule has 1 aromatic carbocycles. The van der Waals surface area contributed by atoms with Crippen LogP contribution in [0.25, 0.3) is 0 Å². The fourth-order valence-corrected chi connectivity index (χ4v) is 2.12. The van der Waals surface area contributed by atoms with E-state index in [1.165, 1.54) is 0 Å². The Hall–Kier alpha value is -0.740. The van der Waals surface area contributed by atoms with Gasteiger partial charge in [-0.2, -0.15) is 0 Å². The van der Waals surface area contributed by atoms with Gasteiger partial charge in [0.2, 0.25) is 0 Å². The van der Waals surface area contributed by atoms with E-state index >= 15 is 0 Å². The Balaban J connectivity index is 3.14. The molecule has 0 bridgehead atoms. The third kappa shape index (κ3) is 3.12. The lowest BCUT2D eigenvalue weighted by molar-refractivity contribution is 0.287. The lowest BCUT2D eigenvalue weighted by Crippen LogP contribution is -2.07. The van der Waals surface area contributed by atoms with E-state index in [0.29, 0.717) is 13.2 Å².